The van der Waals surface area contributed by atoms with Gasteiger partial charge in [0.2, 0.25) is 0 Å². The molecule has 3 rings (SSSR count). The van der Waals surface area contributed by atoms with Gasteiger partial charge in [-0.2, -0.15) is 5.10 Å². The van der Waals surface area contributed by atoms with Gasteiger partial charge in [-0.25, -0.2) is 4.39 Å². The first-order chi connectivity index (χ1) is 9.15. The molecule has 2 aliphatic rings. The number of piperidine rings is 1. The molecule has 0 radical (unpaired) electrons. The van der Waals surface area contributed by atoms with Gasteiger partial charge in [-0.05, 0) is 17.9 Å². The van der Waals surface area contributed by atoms with E-state index in [0.29, 0.717) is 18.5 Å². The molecule has 0 bridgehead atoms. The van der Waals surface area contributed by atoms with Crippen molar-refractivity contribution in [3.05, 3.63) is 18.0 Å². The fraction of sp³-hybridized carbons (Fsp3) is 0.786. The van der Waals surface area contributed by atoms with Crippen LogP contribution in [0.5, 0.6) is 0 Å². The summed E-state index contributed by atoms with van der Waals surface area (Å²) >= 11 is 0. The SMILES string of the molecule is CC(C)c1cnn([C@H]2CCN(C3COC3)C[C@@H]2F)c1. The number of ether oxygens (including phenoxy) is 1. The van der Waals surface area contributed by atoms with Gasteiger partial charge in [-0.3, -0.25) is 9.58 Å². The molecule has 0 aliphatic carbocycles. The van der Waals surface area contributed by atoms with Gasteiger partial charge in [-0.15, -0.1) is 0 Å². The minimum absolute atomic E-state index is 0.107. The van der Waals surface area contributed by atoms with Gasteiger partial charge in [0, 0.05) is 19.3 Å². The van der Waals surface area contributed by atoms with Crippen molar-refractivity contribution in [3.8, 4) is 0 Å². The summed E-state index contributed by atoms with van der Waals surface area (Å²) in [5, 5.41) is 4.35. The largest absolute Gasteiger partial charge is 0.378 e. The lowest BCUT2D eigenvalue weighted by atomic mass is 10.0. The standard InChI is InChI=1S/C14H22FN3O/c1-10(2)11-5-16-18(6-11)14-3-4-17(7-13(14)15)12-8-19-9-12/h5-6,10,12-14H,3-4,7-9H2,1-2H3/t13-,14-/m0/s1. The molecular weight excluding hydrogens is 245 g/mol. The molecule has 0 aromatic carbocycles. The van der Waals surface area contributed by atoms with E-state index in [1.165, 1.54) is 5.56 Å². The van der Waals surface area contributed by atoms with Crippen molar-refractivity contribution in [2.75, 3.05) is 26.3 Å². The average Bonchev–Trinajstić information content (AvgIpc) is 2.76. The van der Waals surface area contributed by atoms with E-state index in [1.807, 2.05) is 17.1 Å². The molecule has 2 aliphatic heterocycles. The molecule has 2 atom stereocenters. The van der Waals surface area contributed by atoms with E-state index in [1.54, 1.807) is 0 Å². The molecule has 1 aromatic rings. The number of hydrogen-bond donors (Lipinski definition) is 0. The molecule has 0 unspecified atom stereocenters. The van der Waals surface area contributed by atoms with Crippen molar-refractivity contribution in [2.45, 2.75) is 44.4 Å². The summed E-state index contributed by atoms with van der Waals surface area (Å²) in [4.78, 5) is 2.22. The maximum absolute atomic E-state index is 14.4. The summed E-state index contributed by atoms with van der Waals surface area (Å²) < 4.78 is 21.4. The Balaban J connectivity index is 1.65. The van der Waals surface area contributed by atoms with Crippen molar-refractivity contribution in [2.24, 2.45) is 0 Å². The molecule has 0 amide bonds. The van der Waals surface area contributed by atoms with E-state index in [2.05, 4.69) is 23.8 Å². The van der Waals surface area contributed by atoms with Gasteiger partial charge in [-0.1, -0.05) is 13.8 Å². The van der Waals surface area contributed by atoms with Gasteiger partial charge < -0.3 is 4.74 Å². The normalized spacial score (nSPS) is 29.7. The molecule has 0 spiro atoms. The fourth-order valence-corrected chi connectivity index (χ4v) is 2.81. The second-order valence-corrected chi connectivity index (χ2v) is 5.97. The van der Waals surface area contributed by atoms with Crippen LogP contribution in [0.3, 0.4) is 0 Å². The highest BCUT2D eigenvalue weighted by Crippen LogP contribution is 2.28. The summed E-state index contributed by atoms with van der Waals surface area (Å²) in [6.45, 7) is 7.24. The van der Waals surface area contributed by atoms with Crippen LogP contribution in [0, 0.1) is 0 Å². The highest BCUT2D eigenvalue weighted by molar-refractivity contribution is 5.10. The Kier molecular flexibility index (Phi) is 3.58. The highest BCUT2D eigenvalue weighted by Gasteiger charge is 2.36. The first-order valence-electron chi connectivity index (χ1n) is 7.15. The number of rotatable bonds is 3. The molecule has 3 heterocycles. The van der Waals surface area contributed by atoms with Gasteiger partial charge in [0.25, 0.3) is 0 Å². The molecule has 2 saturated heterocycles. The summed E-state index contributed by atoms with van der Waals surface area (Å²) in [5.41, 5.74) is 1.18. The maximum atomic E-state index is 14.4. The average molecular weight is 267 g/mol. The van der Waals surface area contributed by atoms with Crippen LogP contribution in [-0.2, 0) is 4.74 Å². The Labute approximate surface area is 113 Å². The van der Waals surface area contributed by atoms with E-state index in [9.17, 15) is 4.39 Å². The van der Waals surface area contributed by atoms with Crippen LogP contribution in [0.2, 0.25) is 0 Å². The number of aromatic nitrogens is 2. The Morgan fingerprint density at radius 3 is 2.74 bits per heavy atom. The fourth-order valence-electron chi connectivity index (χ4n) is 2.81. The second-order valence-electron chi connectivity index (χ2n) is 5.97. The number of nitrogens with zero attached hydrogens (tertiary/aromatic N) is 3. The van der Waals surface area contributed by atoms with Crippen LogP contribution >= 0.6 is 0 Å². The summed E-state index contributed by atoms with van der Waals surface area (Å²) in [5.74, 6) is 0.444. The van der Waals surface area contributed by atoms with E-state index in [-0.39, 0.29) is 6.04 Å². The Hall–Kier alpha value is -0.940. The summed E-state index contributed by atoms with van der Waals surface area (Å²) in [7, 11) is 0. The van der Waals surface area contributed by atoms with E-state index >= 15 is 0 Å². The molecule has 19 heavy (non-hydrogen) atoms. The molecule has 2 fully saturated rings. The minimum Gasteiger partial charge on any atom is -0.378 e. The molecule has 106 valence electrons. The summed E-state index contributed by atoms with van der Waals surface area (Å²) in [6, 6.07) is 0.327. The quantitative estimate of drug-likeness (QED) is 0.839. The van der Waals surface area contributed by atoms with Crippen molar-refractivity contribution >= 4 is 0 Å². The maximum Gasteiger partial charge on any atom is 0.135 e. The van der Waals surface area contributed by atoms with Gasteiger partial charge >= 0.3 is 0 Å². The van der Waals surface area contributed by atoms with Crippen LogP contribution in [0.15, 0.2) is 12.4 Å². The molecule has 0 saturated carbocycles. The lowest BCUT2D eigenvalue weighted by Crippen LogP contribution is -2.55. The second kappa shape index (κ2) is 5.21. The van der Waals surface area contributed by atoms with Gasteiger partial charge in [0.1, 0.15) is 6.17 Å². The van der Waals surface area contributed by atoms with Crippen LogP contribution in [0.4, 0.5) is 4.39 Å². The monoisotopic (exact) mass is 267 g/mol. The third kappa shape index (κ3) is 2.54. The molecule has 1 aromatic heterocycles. The van der Waals surface area contributed by atoms with E-state index < -0.39 is 6.17 Å². The number of likely N-dealkylation sites (tertiary alicyclic amines) is 1. The topological polar surface area (TPSA) is 30.3 Å². The smallest absolute Gasteiger partial charge is 0.135 e. The van der Waals surface area contributed by atoms with Gasteiger partial charge in [0.15, 0.2) is 0 Å². The van der Waals surface area contributed by atoms with E-state index in [0.717, 1.165) is 26.2 Å². The Morgan fingerprint density at radius 1 is 1.42 bits per heavy atom. The van der Waals surface area contributed by atoms with Gasteiger partial charge in [0.05, 0.1) is 31.5 Å². The zero-order valence-electron chi connectivity index (χ0n) is 11.6. The molecule has 0 N–H and O–H groups in total. The zero-order valence-corrected chi connectivity index (χ0v) is 11.6. The Morgan fingerprint density at radius 2 is 2.21 bits per heavy atom. The predicted molar refractivity (Wildman–Crippen MR) is 71.0 cm³/mol. The van der Waals surface area contributed by atoms with Crippen LogP contribution in [0.25, 0.3) is 0 Å². The molecule has 5 heteroatoms. The minimum atomic E-state index is -0.839. The van der Waals surface area contributed by atoms with Crippen molar-refractivity contribution in [3.63, 3.8) is 0 Å². The lowest BCUT2D eigenvalue weighted by molar-refractivity contribution is -0.0847. The van der Waals surface area contributed by atoms with Crippen LogP contribution in [0.1, 0.15) is 37.8 Å². The van der Waals surface area contributed by atoms with Crippen LogP contribution < -0.4 is 0 Å². The number of alkyl halides is 1. The summed E-state index contributed by atoms with van der Waals surface area (Å²) in [6.07, 6.45) is 3.86. The highest BCUT2D eigenvalue weighted by atomic mass is 19.1. The third-order valence-corrected chi connectivity index (χ3v) is 4.30. The van der Waals surface area contributed by atoms with Crippen molar-refractivity contribution < 1.29 is 9.13 Å². The first kappa shape index (κ1) is 13.1. The van der Waals surface area contributed by atoms with Crippen molar-refractivity contribution in [1.82, 2.24) is 14.7 Å². The molecule has 4 nitrogen and oxygen atoms in total. The van der Waals surface area contributed by atoms with Crippen LogP contribution in [-0.4, -0.2) is 53.2 Å². The van der Waals surface area contributed by atoms with E-state index in [4.69, 9.17) is 4.74 Å². The Bertz CT molecular complexity index is 430. The zero-order chi connectivity index (χ0) is 13.4. The lowest BCUT2D eigenvalue weighted by Gasteiger charge is -2.42. The third-order valence-electron chi connectivity index (χ3n) is 4.30. The number of halogens is 1. The van der Waals surface area contributed by atoms with Crippen molar-refractivity contribution in [1.29, 1.82) is 0 Å². The predicted octanol–water partition coefficient (Wildman–Crippen LogP) is 1.99. The molecular formula is C14H22FN3O. The first-order valence-corrected chi connectivity index (χ1v) is 7.15. The number of hydrogen-bond acceptors (Lipinski definition) is 3.